The lowest BCUT2D eigenvalue weighted by Crippen LogP contribution is -2.51. The number of aliphatic hydroxyl groups is 13. The fourth-order valence-corrected chi connectivity index (χ4v) is 11.5. The normalized spacial score (nSPS) is 16.1. The Bertz CT molecular complexity index is 3390. The highest BCUT2D eigenvalue weighted by atomic mass is 32.2. The number of hydrogen-bond donors (Lipinski definition) is 31. The number of amides is 8. The highest BCUT2D eigenvalue weighted by Crippen LogP contribution is 2.18. The van der Waals surface area contributed by atoms with Crippen molar-refractivity contribution in [2.75, 3.05) is 88.3 Å². The van der Waals surface area contributed by atoms with Crippen LogP contribution in [0, 0.1) is 23.7 Å². The second kappa shape index (κ2) is 71.5. The minimum Gasteiger partial charge on any atom is -0.480 e. The number of likely N-dealkylation sites (N-methyl/N-ethyl adjacent to an activating group) is 2. The monoisotopic (exact) mass is 1900 g/mol. The van der Waals surface area contributed by atoms with Crippen molar-refractivity contribution in [1.82, 2.24) is 53.2 Å². The zero-order chi connectivity index (χ0) is 99.3. The third kappa shape index (κ3) is 55.8. The van der Waals surface area contributed by atoms with Crippen molar-refractivity contribution >= 4 is 166 Å². The number of rotatable bonds is 59. The van der Waals surface area contributed by atoms with E-state index in [0.29, 0.717) is 0 Å². The quantitative estimate of drug-likeness (QED) is 0.0269. The van der Waals surface area contributed by atoms with Crippen LogP contribution in [-0.4, -0.2) is 430 Å². The number of Topliss-reactive ketones (excluding diaryl/α,β-unsaturated/α-hetero) is 2. The summed E-state index contributed by atoms with van der Waals surface area (Å²) in [7, 11) is 3.07. The lowest BCUT2D eigenvalue weighted by molar-refractivity contribution is -0.193. The molecule has 23 atom stereocenters. The average molecular weight is 1900 g/mol. The minimum atomic E-state index is -2.38. The Kier molecular flexibility index (Phi) is 72.1. The topological polar surface area (TPSA) is 921 Å². The molecule has 0 rings (SSSR count). The van der Waals surface area contributed by atoms with Crippen LogP contribution in [0.2, 0.25) is 0 Å². The predicted molar refractivity (Wildman–Crippen MR) is 432 cm³/mol. The summed E-state index contributed by atoms with van der Waals surface area (Å²) in [4.78, 5) is 242. The zero-order valence-corrected chi connectivity index (χ0v) is 72.9. The zero-order valence-electron chi connectivity index (χ0n) is 69.6. The minimum absolute atomic E-state index is 0.0510. The summed E-state index contributed by atoms with van der Waals surface area (Å²) in [5.74, 6) is -22.1. The van der Waals surface area contributed by atoms with Crippen LogP contribution in [0.15, 0.2) is 0 Å². The van der Waals surface area contributed by atoms with Crippen LogP contribution in [0.3, 0.4) is 0 Å². The number of carboxylic acid groups (broad SMARTS) is 8. The molecule has 57 heteroatoms. The summed E-state index contributed by atoms with van der Waals surface area (Å²) < 4.78 is 0. The van der Waals surface area contributed by atoms with Crippen molar-refractivity contribution in [3.8, 4) is 0 Å². The van der Waals surface area contributed by atoms with E-state index in [1.165, 1.54) is 54.1 Å². The summed E-state index contributed by atoms with van der Waals surface area (Å²) in [6.07, 6.45) is -21.8. The van der Waals surface area contributed by atoms with Gasteiger partial charge < -0.3 is 160 Å². The first-order valence-corrected chi connectivity index (χ1v) is 42.4. The van der Waals surface area contributed by atoms with Crippen LogP contribution < -0.4 is 53.2 Å². The molecular formula is C69H116N10O43S4. The first-order chi connectivity index (χ1) is 58.5. The van der Waals surface area contributed by atoms with Crippen molar-refractivity contribution in [2.45, 2.75) is 195 Å². The van der Waals surface area contributed by atoms with Crippen molar-refractivity contribution in [3.63, 3.8) is 0 Å². The van der Waals surface area contributed by atoms with Gasteiger partial charge in [0.25, 0.3) is 0 Å². The molecule has 724 valence electrons. The molecule has 31 N–H and O–H groups in total. The highest BCUT2D eigenvalue weighted by Gasteiger charge is 2.40. The Morgan fingerprint density at radius 3 is 0.667 bits per heavy atom. The fourth-order valence-electron chi connectivity index (χ4n) is 9.23. The van der Waals surface area contributed by atoms with Crippen LogP contribution in [0.5, 0.6) is 0 Å². The highest BCUT2D eigenvalue weighted by molar-refractivity contribution is 7.99. The molecule has 0 aliphatic carbocycles. The number of aliphatic hydroxyl groups excluding tert-OH is 13. The van der Waals surface area contributed by atoms with E-state index in [1.54, 1.807) is 59.8 Å². The van der Waals surface area contributed by atoms with Gasteiger partial charge in [-0.1, -0.05) is 13.8 Å². The summed E-state index contributed by atoms with van der Waals surface area (Å²) in [5, 5.41) is 218. The van der Waals surface area contributed by atoms with Gasteiger partial charge in [-0.3, -0.25) is 47.9 Å². The third-order valence-corrected chi connectivity index (χ3v) is 19.6. The van der Waals surface area contributed by atoms with Gasteiger partial charge in [-0.05, 0) is 65.8 Å². The summed E-state index contributed by atoms with van der Waals surface area (Å²) in [6.45, 7) is 3.98. The van der Waals surface area contributed by atoms with Crippen LogP contribution in [-0.2, 0) is 105 Å². The van der Waals surface area contributed by atoms with Gasteiger partial charge in [0, 0.05) is 93.0 Å². The van der Waals surface area contributed by atoms with Gasteiger partial charge in [-0.25, -0.2) is 38.4 Å². The molecule has 0 radical (unpaired) electrons. The summed E-state index contributed by atoms with van der Waals surface area (Å²) in [5.41, 5.74) is 0. The second-order valence-electron chi connectivity index (χ2n) is 26.4. The molecule has 8 amide bonds. The molecule has 0 aromatic heterocycles. The number of nitrogens with one attached hydrogen (secondary N) is 10. The van der Waals surface area contributed by atoms with Crippen LogP contribution in [0.25, 0.3) is 0 Å². The standard InChI is InChI=1S/C19H33N3O11S.C16H27N3O8S.2C16H28N2O10S.2CO2/c1-8(20-2)11(23)4-9(17(29)22-10(7-34-3)18(30)31)5-13(25)21-6-12(24)14(26)15(27)16(28)19(32)33;1-8(17-2)11(20)4-9(5-13(22)18-6-12(21)16(26)27)14(23)19-10(7-28-3)15(24)25;2*1-3-7(14(24)18-8(6-29-2)15(25)26)4-10(20)17-5-9(19)11(21)12(22)13(23)16(27)28;2*2-1-3/h8-10,12,14-16,20,24,26-28H,4-7H2,1-3H3,(H,21,25)(H,22,29)(H,30,31)(H,32,33);8-10,12,17,21H,4-7H2,1-3H3,(H,18,22)(H,19,23)(H,24,25)(H,26,27);2*7-9,11-13,19,21-23H,3-6H2,1-2H3,(H,17,20)(H,18,24)(H,25,26)(H,27,28);;/t8-,9?,10-,12?,14?,15?,16?;;7-,8+,9+,11-,12+,13+;7-,8-,9-,11+,12-,13-;;/m0.10../s1. The molecule has 0 bridgehead atoms. The molecule has 0 fully saturated rings. The number of hydrogen-bond acceptors (Lipinski definition) is 41. The van der Waals surface area contributed by atoms with Gasteiger partial charge in [0.1, 0.15) is 72.4 Å². The fraction of sp³-hybridized carbons (Fsp3) is 0.710. The smallest absolute Gasteiger partial charge is 0.373 e. The molecule has 0 spiro atoms. The summed E-state index contributed by atoms with van der Waals surface area (Å²) in [6, 6.07) is -5.85. The number of aliphatic carboxylic acids is 8. The molecule has 0 aliphatic heterocycles. The molecule has 9 unspecified atom stereocenters. The van der Waals surface area contributed by atoms with Gasteiger partial charge >= 0.3 is 60.1 Å². The maximum Gasteiger partial charge on any atom is 0.373 e. The lowest BCUT2D eigenvalue weighted by Gasteiger charge is -2.25. The van der Waals surface area contributed by atoms with E-state index in [2.05, 4.69) is 53.2 Å². The van der Waals surface area contributed by atoms with Gasteiger partial charge in [0.05, 0.1) is 48.8 Å². The van der Waals surface area contributed by atoms with E-state index in [4.69, 9.17) is 65.1 Å². The molecule has 0 aliphatic rings. The first-order valence-electron chi connectivity index (χ1n) is 36.8. The summed E-state index contributed by atoms with van der Waals surface area (Å²) >= 11 is 4.84. The number of carboxylic acids is 8. The molecular weight excluding hydrogens is 1790 g/mol. The Labute approximate surface area is 735 Å². The van der Waals surface area contributed by atoms with E-state index >= 15 is 0 Å². The molecule has 126 heavy (non-hydrogen) atoms. The lowest BCUT2D eigenvalue weighted by atomic mass is 9.94. The number of ketones is 2. The van der Waals surface area contributed by atoms with Crippen LogP contribution >= 0.6 is 47.0 Å². The van der Waals surface area contributed by atoms with Crippen LogP contribution in [0.1, 0.15) is 79.1 Å². The van der Waals surface area contributed by atoms with Crippen molar-refractivity contribution in [1.29, 1.82) is 0 Å². The SMILES string of the molecule is CC[C@@H](CC(=O)NC[C@H](O)[C@@H](O)[C@H](O)[C@H](O)C(=O)O)C(=O)N[C@@H](CSC)C(=O)O.CC[C@H](CC(=O)NC[C@H](O)[C@@H](O)[C@H](O)[C@H](O)C(=O)O)C(=O)N[C@@H](CSC)C(=O)O.CNC(C)C(=O)CC(CC(=O)NCC(O)C(=O)O)C(=O)NC(CSC)C(=O)O.CN[C@@H](C)C(=O)CC(CC(=O)NCC(O)C(O)C(O)C(O)C(=O)O)C(=O)N[C@@H](CSC)C(=O)O.O=C=O.O=C=O. The van der Waals surface area contributed by atoms with E-state index in [-0.39, 0.29) is 79.6 Å². The van der Waals surface area contributed by atoms with Crippen molar-refractivity contribution in [3.05, 3.63) is 0 Å². The average Bonchev–Trinajstić information content (AvgIpc) is 0.886. The maximum absolute atomic E-state index is 12.6. The van der Waals surface area contributed by atoms with Gasteiger partial charge in [0.2, 0.25) is 47.3 Å². The number of carbonyl (C=O) groups is 18. The Balaban J connectivity index is -0.000000373. The molecule has 0 saturated carbocycles. The van der Waals surface area contributed by atoms with Crippen molar-refractivity contribution < 1.29 is 213 Å². The number of carbonyl (C=O) groups excluding carboxylic acids is 14. The second-order valence-corrected chi connectivity index (χ2v) is 30.1. The van der Waals surface area contributed by atoms with Gasteiger partial charge in [0.15, 0.2) is 24.4 Å². The third-order valence-electron chi connectivity index (χ3n) is 17.0. The molecule has 53 nitrogen and oxygen atoms in total. The largest absolute Gasteiger partial charge is 0.480 e. The van der Waals surface area contributed by atoms with E-state index < -0.39 is 279 Å². The first kappa shape index (κ1) is 127. The maximum atomic E-state index is 12.6. The predicted octanol–water partition coefficient (Wildman–Crippen LogP) is -13.0. The Morgan fingerprint density at radius 1 is 0.294 bits per heavy atom. The Hall–Kier alpha value is -9.58. The van der Waals surface area contributed by atoms with E-state index in [9.17, 15) is 148 Å². The van der Waals surface area contributed by atoms with E-state index in [1.807, 2.05) is 0 Å². The van der Waals surface area contributed by atoms with E-state index in [0.717, 1.165) is 0 Å². The van der Waals surface area contributed by atoms with Crippen molar-refractivity contribution in [2.24, 2.45) is 23.7 Å². The van der Waals surface area contributed by atoms with Gasteiger partial charge in [-0.15, -0.1) is 0 Å². The number of thioether (sulfide) groups is 4. The molecule has 0 heterocycles. The molecule has 0 saturated heterocycles. The van der Waals surface area contributed by atoms with Crippen LogP contribution in [0.4, 0.5) is 0 Å². The molecule has 0 aromatic rings. The van der Waals surface area contributed by atoms with Gasteiger partial charge in [-0.2, -0.15) is 66.2 Å². The molecule has 0 aromatic carbocycles. The Morgan fingerprint density at radius 2 is 0.492 bits per heavy atom.